The van der Waals surface area contributed by atoms with Gasteiger partial charge in [0.15, 0.2) is 11.6 Å². The van der Waals surface area contributed by atoms with Gasteiger partial charge in [0, 0.05) is 53.9 Å². The van der Waals surface area contributed by atoms with Crippen molar-refractivity contribution in [3.05, 3.63) is 164 Å². The Morgan fingerprint density at radius 3 is 1.45 bits per heavy atom. The van der Waals surface area contributed by atoms with Crippen molar-refractivity contribution < 1.29 is 0 Å². The van der Waals surface area contributed by atoms with Gasteiger partial charge in [-0.3, -0.25) is 9.13 Å². The standard InChI is InChI=1S/C48H27N5/c1-2-14-29-28(13-1)25-26-42-43(29)37-27-36-32-17-7-9-21-38(32)51-41-24-12-8-20-35(41)44(45(36)51)46(37)53(42)48-34-19-4-3-18-33(34)47(49-50-48)52-39-22-10-5-15-30(39)31-16-6-11-23-40(31)52/h1-27H. The molecule has 0 fully saturated rings. The van der Waals surface area contributed by atoms with Crippen molar-refractivity contribution in [2.75, 3.05) is 0 Å². The van der Waals surface area contributed by atoms with E-state index in [-0.39, 0.29) is 0 Å². The summed E-state index contributed by atoms with van der Waals surface area (Å²) in [4.78, 5) is 0. The first-order valence-electron chi connectivity index (χ1n) is 18.1. The number of benzene rings is 8. The van der Waals surface area contributed by atoms with Crippen molar-refractivity contribution in [2.24, 2.45) is 0 Å². The van der Waals surface area contributed by atoms with Crippen molar-refractivity contribution in [1.82, 2.24) is 23.7 Å². The van der Waals surface area contributed by atoms with Gasteiger partial charge in [-0.05, 0) is 47.2 Å². The molecule has 13 aromatic rings. The zero-order chi connectivity index (χ0) is 34.4. The highest BCUT2D eigenvalue weighted by atomic mass is 15.3. The lowest BCUT2D eigenvalue weighted by Crippen LogP contribution is -2.06. The molecule has 244 valence electrons. The van der Waals surface area contributed by atoms with Gasteiger partial charge in [-0.15, -0.1) is 10.2 Å². The van der Waals surface area contributed by atoms with Crippen LogP contribution in [0.25, 0.3) is 115 Å². The van der Waals surface area contributed by atoms with E-state index in [0.29, 0.717) is 0 Å². The molecule has 0 bridgehead atoms. The SMILES string of the molecule is c1ccc2c(c1)ccc1c2c2cc3c4ccccc4n4c5ccccc5c(c2n1-c1nnc(-n2c5ccccc5c5ccccc52)c2ccccc12)c34. The zero-order valence-corrected chi connectivity index (χ0v) is 28.3. The van der Waals surface area contributed by atoms with Gasteiger partial charge in [-0.2, -0.15) is 0 Å². The highest BCUT2D eigenvalue weighted by Gasteiger charge is 2.27. The van der Waals surface area contributed by atoms with E-state index in [2.05, 4.69) is 177 Å². The summed E-state index contributed by atoms with van der Waals surface area (Å²) in [5, 5.41) is 24.8. The van der Waals surface area contributed by atoms with Gasteiger partial charge in [-0.25, -0.2) is 0 Å². The summed E-state index contributed by atoms with van der Waals surface area (Å²) in [6.45, 7) is 0. The summed E-state index contributed by atoms with van der Waals surface area (Å²) >= 11 is 0. The van der Waals surface area contributed by atoms with E-state index in [0.717, 1.165) is 44.5 Å². The molecule has 0 radical (unpaired) electrons. The smallest absolute Gasteiger partial charge is 0.168 e. The Morgan fingerprint density at radius 2 is 0.792 bits per heavy atom. The fourth-order valence-corrected chi connectivity index (χ4v) is 9.55. The Hall–Kier alpha value is -7.24. The highest BCUT2D eigenvalue weighted by Crippen LogP contribution is 2.48. The van der Waals surface area contributed by atoms with Crippen LogP contribution in [-0.4, -0.2) is 23.7 Å². The number of hydrogen-bond acceptors (Lipinski definition) is 2. The van der Waals surface area contributed by atoms with E-state index < -0.39 is 0 Å². The van der Waals surface area contributed by atoms with Crippen molar-refractivity contribution >= 4 is 103 Å². The van der Waals surface area contributed by atoms with Crippen LogP contribution in [0.2, 0.25) is 0 Å². The molecule has 0 aliphatic heterocycles. The van der Waals surface area contributed by atoms with Gasteiger partial charge in [-0.1, -0.05) is 127 Å². The summed E-state index contributed by atoms with van der Waals surface area (Å²) in [7, 11) is 0. The molecule has 0 saturated heterocycles. The molecule has 0 atom stereocenters. The topological polar surface area (TPSA) is 40.1 Å². The van der Waals surface area contributed by atoms with Crippen LogP contribution < -0.4 is 0 Å². The van der Waals surface area contributed by atoms with E-state index in [9.17, 15) is 0 Å². The Balaban J connectivity index is 1.25. The largest absolute Gasteiger partial charge is 0.308 e. The summed E-state index contributed by atoms with van der Waals surface area (Å²) in [5.74, 6) is 1.65. The van der Waals surface area contributed by atoms with E-state index in [1.165, 1.54) is 70.4 Å². The first-order valence-corrected chi connectivity index (χ1v) is 18.1. The summed E-state index contributed by atoms with van der Waals surface area (Å²) in [5.41, 5.74) is 8.18. The molecule has 0 N–H and O–H groups in total. The van der Waals surface area contributed by atoms with Gasteiger partial charge in [0.05, 0.1) is 38.6 Å². The number of nitrogens with zero attached hydrogens (tertiary/aromatic N) is 5. The molecule has 0 saturated carbocycles. The Morgan fingerprint density at radius 1 is 0.302 bits per heavy atom. The Labute approximate surface area is 301 Å². The third-order valence-corrected chi connectivity index (χ3v) is 11.6. The van der Waals surface area contributed by atoms with Crippen molar-refractivity contribution in [3.8, 4) is 11.6 Å². The lowest BCUT2D eigenvalue weighted by molar-refractivity contribution is 0.930. The van der Waals surface area contributed by atoms with E-state index in [1.807, 2.05) is 0 Å². The van der Waals surface area contributed by atoms with E-state index in [1.54, 1.807) is 0 Å². The van der Waals surface area contributed by atoms with Crippen LogP contribution in [0.15, 0.2) is 164 Å². The summed E-state index contributed by atoms with van der Waals surface area (Å²) in [6.07, 6.45) is 0. The minimum Gasteiger partial charge on any atom is -0.308 e. The molecule has 0 unspecified atom stereocenters. The third-order valence-electron chi connectivity index (χ3n) is 11.6. The maximum Gasteiger partial charge on any atom is 0.168 e. The van der Waals surface area contributed by atoms with E-state index >= 15 is 0 Å². The van der Waals surface area contributed by atoms with Crippen molar-refractivity contribution in [1.29, 1.82) is 0 Å². The fraction of sp³-hybridized carbons (Fsp3) is 0. The van der Waals surface area contributed by atoms with Gasteiger partial charge >= 0.3 is 0 Å². The number of aromatic nitrogens is 5. The second-order valence-corrected chi connectivity index (χ2v) is 14.2. The molecule has 13 rings (SSSR count). The van der Waals surface area contributed by atoms with Gasteiger partial charge in [0.2, 0.25) is 0 Å². The van der Waals surface area contributed by atoms with Crippen LogP contribution >= 0.6 is 0 Å². The van der Waals surface area contributed by atoms with Crippen LogP contribution in [0.4, 0.5) is 0 Å². The first kappa shape index (κ1) is 27.5. The fourth-order valence-electron chi connectivity index (χ4n) is 9.55. The molecule has 53 heavy (non-hydrogen) atoms. The summed E-state index contributed by atoms with van der Waals surface area (Å²) in [6, 6.07) is 59.2. The molecule has 5 heterocycles. The minimum atomic E-state index is 0.822. The van der Waals surface area contributed by atoms with Crippen LogP contribution in [0.3, 0.4) is 0 Å². The lowest BCUT2D eigenvalue weighted by atomic mass is 10.0. The number of rotatable bonds is 2. The molecule has 5 heteroatoms. The molecule has 0 spiro atoms. The average Bonchev–Trinajstić information content (AvgIpc) is 3.94. The quantitative estimate of drug-likeness (QED) is 0.183. The second-order valence-electron chi connectivity index (χ2n) is 14.2. The van der Waals surface area contributed by atoms with Crippen LogP contribution in [-0.2, 0) is 0 Å². The molecule has 5 aromatic heterocycles. The van der Waals surface area contributed by atoms with Crippen molar-refractivity contribution in [3.63, 3.8) is 0 Å². The zero-order valence-electron chi connectivity index (χ0n) is 28.3. The first-order chi connectivity index (χ1) is 26.3. The predicted octanol–water partition coefficient (Wildman–Crippen LogP) is 12.1. The van der Waals surface area contributed by atoms with Crippen LogP contribution in [0.1, 0.15) is 0 Å². The Kier molecular flexibility index (Phi) is 5.06. The molecular formula is C48H27N5. The van der Waals surface area contributed by atoms with Crippen molar-refractivity contribution in [2.45, 2.75) is 0 Å². The van der Waals surface area contributed by atoms with Gasteiger partial charge in [0.25, 0.3) is 0 Å². The molecule has 8 aromatic carbocycles. The van der Waals surface area contributed by atoms with Crippen LogP contribution in [0.5, 0.6) is 0 Å². The molecule has 0 aliphatic carbocycles. The van der Waals surface area contributed by atoms with Gasteiger partial charge < -0.3 is 4.40 Å². The van der Waals surface area contributed by atoms with E-state index in [4.69, 9.17) is 10.2 Å². The predicted molar refractivity (Wildman–Crippen MR) is 220 cm³/mol. The molecule has 0 amide bonds. The molecule has 0 aliphatic rings. The monoisotopic (exact) mass is 673 g/mol. The number of para-hydroxylation sites is 4. The maximum absolute atomic E-state index is 5.26. The molecular weight excluding hydrogens is 647 g/mol. The summed E-state index contributed by atoms with van der Waals surface area (Å²) < 4.78 is 7.14. The normalized spacial score (nSPS) is 12.5. The lowest BCUT2D eigenvalue weighted by Gasteiger charge is -2.14. The minimum absolute atomic E-state index is 0.822. The number of fused-ring (bicyclic) bond motifs is 16. The van der Waals surface area contributed by atoms with Gasteiger partial charge in [0.1, 0.15) is 0 Å². The maximum atomic E-state index is 5.26. The Bertz CT molecular complexity index is 3640. The second kappa shape index (κ2) is 9.75. The highest BCUT2D eigenvalue weighted by molar-refractivity contribution is 6.36. The third kappa shape index (κ3) is 3.33. The number of hydrogen-bond donors (Lipinski definition) is 0. The van der Waals surface area contributed by atoms with Crippen LogP contribution in [0, 0.1) is 0 Å². The average molecular weight is 674 g/mol. The molecule has 5 nitrogen and oxygen atoms in total.